The summed E-state index contributed by atoms with van der Waals surface area (Å²) in [5, 5.41) is 9.21. The molecule has 7 nitrogen and oxygen atoms in total. The van der Waals surface area contributed by atoms with Crippen molar-refractivity contribution in [3.05, 3.63) is 157 Å². The van der Waals surface area contributed by atoms with Gasteiger partial charge in [0.15, 0.2) is 0 Å². The fourth-order valence-corrected chi connectivity index (χ4v) is 7.32. The Morgan fingerprint density at radius 2 is 1.07 bits per heavy atom. The van der Waals surface area contributed by atoms with Crippen LogP contribution in [0.1, 0.15) is 50.7 Å². The minimum absolute atomic E-state index is 0. The number of benzene rings is 6. The Kier molecular flexibility index (Phi) is 12.2. The van der Waals surface area contributed by atoms with Crippen molar-refractivity contribution < 1.29 is 55.1 Å². The predicted octanol–water partition coefficient (Wildman–Crippen LogP) is 14.0. The first-order chi connectivity index (χ1) is 28.7. The number of rotatable bonds is 4. The fraction of sp³-hybridized carbons (Fsp3) is 0.143. The average molecular weight is 1020 g/mol. The Morgan fingerprint density at radius 1 is 0.590 bits per heavy atom. The summed E-state index contributed by atoms with van der Waals surface area (Å²) in [5.41, 5.74) is 4.56. The Hall–Kier alpha value is -5.91. The van der Waals surface area contributed by atoms with Gasteiger partial charge in [0.1, 0.15) is 16.7 Å². The summed E-state index contributed by atoms with van der Waals surface area (Å²) < 4.78 is 69.9. The van der Waals surface area contributed by atoms with E-state index in [9.17, 15) is 13.2 Å². The number of hydrogen-bond donors (Lipinski definition) is 1. The van der Waals surface area contributed by atoms with Gasteiger partial charge in [-0.1, -0.05) is 124 Å². The van der Waals surface area contributed by atoms with Gasteiger partial charge in [-0.25, -0.2) is 0 Å². The molecule has 1 N–H and O–H groups in total. The molecule has 0 bridgehead atoms. The zero-order valence-electron chi connectivity index (χ0n) is 33.3. The minimum Gasteiger partial charge on any atom is -0.501 e. The van der Waals surface area contributed by atoms with Crippen molar-refractivity contribution in [1.82, 2.24) is 9.97 Å². The van der Waals surface area contributed by atoms with Crippen LogP contribution in [0.3, 0.4) is 0 Å². The Bertz CT molecular complexity index is 3120. The van der Waals surface area contributed by atoms with Crippen LogP contribution in [0.5, 0.6) is 0 Å². The summed E-state index contributed by atoms with van der Waals surface area (Å²) in [5.74, 6) is 1.01. The normalized spacial score (nSPS) is 11.9. The molecule has 0 fully saturated rings. The number of halogens is 3. The van der Waals surface area contributed by atoms with Gasteiger partial charge in [-0.05, 0) is 75.1 Å². The number of aromatic nitrogens is 2. The van der Waals surface area contributed by atoms with Gasteiger partial charge in [0, 0.05) is 59.6 Å². The second-order valence-corrected chi connectivity index (χ2v) is 16.4. The maximum atomic E-state index is 10.7. The molecule has 0 spiro atoms. The van der Waals surface area contributed by atoms with Crippen LogP contribution in [0.4, 0.5) is 13.2 Å². The summed E-state index contributed by atoms with van der Waals surface area (Å²) in [6.45, 7) is 8.87. The number of para-hydroxylation sites is 3. The van der Waals surface area contributed by atoms with Gasteiger partial charge < -0.3 is 13.8 Å². The Balaban J connectivity index is 0.000000155. The van der Waals surface area contributed by atoms with Crippen molar-refractivity contribution in [2.45, 2.75) is 45.0 Å². The monoisotopic (exact) mass is 1020 g/mol. The van der Waals surface area contributed by atoms with Gasteiger partial charge in [0.25, 0.3) is 0 Å². The molecule has 10 rings (SSSR count). The molecular weight excluding hydrogens is 978 g/mol. The fourth-order valence-electron chi connectivity index (χ4n) is 7.32. The van der Waals surface area contributed by atoms with E-state index in [0.29, 0.717) is 11.8 Å². The molecule has 0 aliphatic rings. The van der Waals surface area contributed by atoms with Crippen LogP contribution in [0.2, 0.25) is 0 Å². The van der Waals surface area contributed by atoms with Crippen LogP contribution in [-0.2, 0) is 30.2 Å². The van der Waals surface area contributed by atoms with Crippen molar-refractivity contribution in [2.24, 2.45) is 0 Å². The van der Waals surface area contributed by atoms with Crippen molar-refractivity contribution in [3.8, 4) is 22.5 Å². The number of pyridine rings is 2. The van der Waals surface area contributed by atoms with Gasteiger partial charge in [0.2, 0.25) is 0 Å². The van der Waals surface area contributed by atoms with Gasteiger partial charge in [0.05, 0.1) is 11.3 Å². The quantitative estimate of drug-likeness (QED) is 0.106. The minimum atomic E-state index is -5.84. The number of fused-ring (bicyclic) bond motifs is 8. The molecule has 12 heteroatoms. The second kappa shape index (κ2) is 17.2. The van der Waals surface area contributed by atoms with Crippen molar-refractivity contribution in [3.63, 3.8) is 0 Å². The van der Waals surface area contributed by atoms with E-state index in [1.54, 1.807) is 0 Å². The Morgan fingerprint density at radius 3 is 1.61 bits per heavy atom. The summed E-state index contributed by atoms with van der Waals surface area (Å²) in [6.07, 6.45) is 3.76. The van der Waals surface area contributed by atoms with Crippen molar-refractivity contribution in [2.75, 3.05) is 0 Å². The Labute approximate surface area is 363 Å². The SMILES string of the molecule is CC(C)c1ccc2c(-c3[c-]ccc4c3oc3ccccc34)nccc2c1.CC(C)c1ccc2c(-c3cccc4c3oc3ccccc34)nccc2c1.O=S(=O)(O)C(F)(F)F.[Ir]. The van der Waals surface area contributed by atoms with E-state index >= 15 is 0 Å². The van der Waals surface area contributed by atoms with Gasteiger partial charge in [-0.2, -0.15) is 21.6 Å². The third-order valence-corrected chi connectivity index (χ3v) is 11.0. The first kappa shape index (κ1) is 43.2. The van der Waals surface area contributed by atoms with Gasteiger partial charge in [-0.3, -0.25) is 9.54 Å². The van der Waals surface area contributed by atoms with Crippen molar-refractivity contribution in [1.29, 1.82) is 0 Å². The number of alkyl halides is 3. The second-order valence-electron chi connectivity index (χ2n) is 15.0. The average Bonchev–Trinajstić information content (AvgIpc) is 3.81. The van der Waals surface area contributed by atoms with Gasteiger partial charge in [-0.15, -0.1) is 18.2 Å². The van der Waals surface area contributed by atoms with Crippen molar-refractivity contribution >= 4 is 75.5 Å². The molecule has 0 saturated carbocycles. The van der Waals surface area contributed by atoms with E-state index in [-0.39, 0.29) is 20.1 Å². The van der Waals surface area contributed by atoms with Crippen LogP contribution in [0.25, 0.3) is 87.9 Å². The molecule has 0 unspecified atom stereocenters. The van der Waals surface area contributed by atoms with Crippen LogP contribution in [0.15, 0.2) is 149 Å². The molecule has 0 aliphatic heterocycles. The molecule has 61 heavy (non-hydrogen) atoms. The third kappa shape index (κ3) is 8.54. The van der Waals surface area contributed by atoms with E-state index in [2.05, 4.69) is 124 Å². The number of furan rings is 2. The first-order valence-corrected chi connectivity index (χ1v) is 20.7. The third-order valence-electron chi connectivity index (χ3n) is 10.4. The number of nitrogens with zero attached hydrogens (tertiary/aromatic N) is 2. The van der Waals surface area contributed by atoms with Crippen LogP contribution in [0, 0.1) is 6.07 Å². The van der Waals surface area contributed by atoms with E-state index in [4.69, 9.17) is 26.8 Å². The largest absolute Gasteiger partial charge is 0.522 e. The first-order valence-electron chi connectivity index (χ1n) is 19.2. The summed E-state index contributed by atoms with van der Waals surface area (Å²) in [6, 6.07) is 47.4. The molecule has 6 aromatic carbocycles. The van der Waals surface area contributed by atoms with E-state index < -0.39 is 15.6 Å². The molecular formula is C49H38F3IrN2O5S-. The molecule has 0 amide bonds. The topological polar surface area (TPSA) is 106 Å². The van der Waals surface area contributed by atoms with E-state index in [0.717, 1.165) is 77.2 Å². The molecule has 0 saturated heterocycles. The molecule has 0 atom stereocenters. The summed E-state index contributed by atoms with van der Waals surface area (Å²) in [7, 11) is -5.84. The van der Waals surface area contributed by atoms with Gasteiger partial charge >= 0.3 is 15.6 Å². The molecule has 4 heterocycles. The van der Waals surface area contributed by atoms with Crippen LogP contribution >= 0.6 is 0 Å². The summed E-state index contributed by atoms with van der Waals surface area (Å²) >= 11 is 0. The van der Waals surface area contributed by atoms with E-state index in [1.807, 2.05) is 54.9 Å². The molecule has 311 valence electrons. The van der Waals surface area contributed by atoms with Crippen LogP contribution in [-0.4, -0.2) is 28.4 Å². The smallest absolute Gasteiger partial charge is 0.501 e. The maximum absolute atomic E-state index is 10.7. The molecule has 1 radical (unpaired) electrons. The molecule has 0 aliphatic carbocycles. The van der Waals surface area contributed by atoms with Crippen LogP contribution < -0.4 is 0 Å². The zero-order chi connectivity index (χ0) is 42.3. The predicted molar refractivity (Wildman–Crippen MR) is 234 cm³/mol. The van der Waals surface area contributed by atoms with E-state index in [1.165, 1.54) is 21.9 Å². The maximum Gasteiger partial charge on any atom is 0.522 e. The number of hydrogen-bond acceptors (Lipinski definition) is 6. The standard InChI is InChI=1S/C24H19NO.C24H18NO.CHF3O3S.Ir/c2*1-15(2)16-10-11-18-17(14-16)12-13-25-23(18)21-8-5-7-20-19-6-3-4-9-22(19)26-24(20)21;2-1(3,4)8(5,6)7;/h3-15H,1-2H3;3-7,9-15H,1-2H3;(H,5,6,7);/q;-1;;. The molecule has 10 aromatic rings. The molecule has 4 aromatic heterocycles. The summed E-state index contributed by atoms with van der Waals surface area (Å²) in [4.78, 5) is 9.39. The zero-order valence-corrected chi connectivity index (χ0v) is 36.5.